The number of benzene rings is 1. The summed E-state index contributed by atoms with van der Waals surface area (Å²) in [4.78, 5) is 25.6. The zero-order chi connectivity index (χ0) is 19.2. The standard InChI is InChI=1S/C20H26ClN5O/c1-25(2)16(12-15-8-4-3-5-9-15)13-22-19(27)18-17(21)14-23-20(24-18)26-10-6-7-11-26/h3-5,8-9,14,16H,6-7,10-13H2,1-2H3,(H,22,27). The number of hydrogen-bond donors (Lipinski definition) is 1. The van der Waals surface area contributed by atoms with E-state index in [-0.39, 0.29) is 22.7 Å². The maximum Gasteiger partial charge on any atom is 0.271 e. The van der Waals surface area contributed by atoms with E-state index >= 15 is 0 Å². The molecule has 1 fully saturated rings. The number of nitrogens with one attached hydrogen (secondary N) is 1. The van der Waals surface area contributed by atoms with Gasteiger partial charge in [0.15, 0.2) is 5.69 Å². The summed E-state index contributed by atoms with van der Waals surface area (Å²) in [6, 6.07) is 10.4. The van der Waals surface area contributed by atoms with Crippen LogP contribution in [0.1, 0.15) is 28.9 Å². The first kappa shape index (κ1) is 19.6. The smallest absolute Gasteiger partial charge is 0.271 e. The van der Waals surface area contributed by atoms with Crippen molar-refractivity contribution in [2.75, 3.05) is 38.6 Å². The molecule has 2 aromatic rings. The molecule has 1 saturated heterocycles. The van der Waals surface area contributed by atoms with Gasteiger partial charge in [-0.25, -0.2) is 9.97 Å². The van der Waals surface area contributed by atoms with Crippen molar-refractivity contribution in [2.45, 2.75) is 25.3 Å². The zero-order valence-electron chi connectivity index (χ0n) is 15.9. The molecule has 3 rings (SSSR count). The molecule has 2 heterocycles. The number of halogens is 1. The van der Waals surface area contributed by atoms with Crippen molar-refractivity contribution in [1.82, 2.24) is 20.2 Å². The number of nitrogens with zero attached hydrogens (tertiary/aromatic N) is 4. The molecule has 144 valence electrons. The molecule has 1 amide bonds. The van der Waals surface area contributed by atoms with Gasteiger partial charge in [-0.05, 0) is 38.9 Å². The first-order valence-electron chi connectivity index (χ1n) is 9.30. The number of aromatic nitrogens is 2. The van der Waals surface area contributed by atoms with Gasteiger partial charge in [-0.1, -0.05) is 41.9 Å². The molecule has 1 aliphatic heterocycles. The Labute approximate surface area is 165 Å². The number of likely N-dealkylation sites (N-methyl/N-ethyl adjacent to an activating group) is 1. The minimum atomic E-state index is -0.261. The maximum absolute atomic E-state index is 12.7. The number of anilines is 1. The molecule has 1 N–H and O–H groups in total. The first-order chi connectivity index (χ1) is 13.0. The third-order valence-corrected chi connectivity index (χ3v) is 5.15. The van der Waals surface area contributed by atoms with Crippen LogP contribution in [0.2, 0.25) is 5.02 Å². The highest BCUT2D eigenvalue weighted by Crippen LogP contribution is 2.20. The molecule has 1 atom stereocenters. The third-order valence-electron chi connectivity index (χ3n) is 4.88. The molecule has 27 heavy (non-hydrogen) atoms. The first-order valence-corrected chi connectivity index (χ1v) is 9.68. The van der Waals surface area contributed by atoms with Crippen LogP contribution in [0.4, 0.5) is 5.95 Å². The second kappa shape index (κ2) is 9.15. The summed E-state index contributed by atoms with van der Waals surface area (Å²) in [6.07, 6.45) is 4.62. The second-order valence-electron chi connectivity index (χ2n) is 7.08. The molecule has 1 aromatic heterocycles. The van der Waals surface area contributed by atoms with Crippen molar-refractivity contribution in [2.24, 2.45) is 0 Å². The number of amides is 1. The van der Waals surface area contributed by atoms with Crippen LogP contribution in [-0.4, -0.2) is 60.5 Å². The highest BCUT2D eigenvalue weighted by molar-refractivity contribution is 6.33. The fourth-order valence-electron chi connectivity index (χ4n) is 3.20. The fourth-order valence-corrected chi connectivity index (χ4v) is 3.38. The molecule has 1 aliphatic rings. The van der Waals surface area contributed by atoms with E-state index in [1.165, 1.54) is 11.8 Å². The van der Waals surface area contributed by atoms with Crippen LogP contribution in [0.15, 0.2) is 36.5 Å². The third kappa shape index (κ3) is 5.17. The average Bonchev–Trinajstić information content (AvgIpc) is 3.20. The van der Waals surface area contributed by atoms with Gasteiger partial charge in [0.05, 0.1) is 11.2 Å². The number of carbonyl (C=O) groups excluding carboxylic acids is 1. The van der Waals surface area contributed by atoms with Gasteiger partial charge in [0.2, 0.25) is 5.95 Å². The SMILES string of the molecule is CN(C)C(CNC(=O)c1nc(N2CCCC2)ncc1Cl)Cc1ccccc1. The summed E-state index contributed by atoms with van der Waals surface area (Å²) >= 11 is 6.19. The summed E-state index contributed by atoms with van der Waals surface area (Å²) in [6.45, 7) is 2.35. The van der Waals surface area contributed by atoms with Gasteiger partial charge in [-0.15, -0.1) is 0 Å². The van der Waals surface area contributed by atoms with Crippen LogP contribution in [0.25, 0.3) is 0 Å². The monoisotopic (exact) mass is 387 g/mol. The molecule has 0 spiro atoms. The van der Waals surface area contributed by atoms with Crippen LogP contribution >= 0.6 is 11.6 Å². The summed E-state index contributed by atoms with van der Waals surface area (Å²) < 4.78 is 0. The van der Waals surface area contributed by atoms with Crippen molar-refractivity contribution in [3.05, 3.63) is 52.8 Å². The van der Waals surface area contributed by atoms with Crippen LogP contribution in [-0.2, 0) is 6.42 Å². The molecule has 0 saturated carbocycles. The lowest BCUT2D eigenvalue weighted by atomic mass is 10.1. The topological polar surface area (TPSA) is 61.4 Å². The van der Waals surface area contributed by atoms with Gasteiger partial charge in [-0.2, -0.15) is 0 Å². The Morgan fingerprint density at radius 3 is 2.63 bits per heavy atom. The molecule has 0 bridgehead atoms. The van der Waals surface area contributed by atoms with Crippen LogP contribution in [0.3, 0.4) is 0 Å². The van der Waals surface area contributed by atoms with E-state index in [9.17, 15) is 4.79 Å². The van der Waals surface area contributed by atoms with Crippen LogP contribution in [0.5, 0.6) is 0 Å². The molecule has 7 heteroatoms. The lowest BCUT2D eigenvalue weighted by Gasteiger charge is -2.25. The Balaban J connectivity index is 1.65. The quantitative estimate of drug-likeness (QED) is 0.791. The summed E-state index contributed by atoms with van der Waals surface area (Å²) in [5.41, 5.74) is 1.48. The molecule has 1 aromatic carbocycles. The van der Waals surface area contributed by atoms with E-state index < -0.39 is 0 Å². The van der Waals surface area contributed by atoms with Crippen LogP contribution in [0, 0.1) is 0 Å². The zero-order valence-corrected chi connectivity index (χ0v) is 16.6. The van der Waals surface area contributed by atoms with Crippen LogP contribution < -0.4 is 10.2 Å². The summed E-state index contributed by atoms with van der Waals surface area (Å²) in [7, 11) is 4.03. The highest BCUT2D eigenvalue weighted by atomic mass is 35.5. The summed E-state index contributed by atoms with van der Waals surface area (Å²) in [5, 5.41) is 3.26. The largest absolute Gasteiger partial charge is 0.349 e. The molecule has 0 radical (unpaired) electrons. The molecule has 0 aliphatic carbocycles. The minimum absolute atomic E-state index is 0.176. The van der Waals surface area contributed by atoms with Crippen molar-refractivity contribution in [1.29, 1.82) is 0 Å². The molecule has 6 nitrogen and oxygen atoms in total. The van der Waals surface area contributed by atoms with E-state index in [0.717, 1.165) is 32.4 Å². The van der Waals surface area contributed by atoms with Gasteiger partial charge < -0.3 is 15.1 Å². The molecular formula is C20H26ClN5O. The lowest BCUT2D eigenvalue weighted by molar-refractivity contribution is 0.0936. The van der Waals surface area contributed by atoms with Gasteiger partial charge in [-0.3, -0.25) is 4.79 Å². The summed E-state index contributed by atoms with van der Waals surface area (Å²) in [5.74, 6) is 0.318. The Kier molecular flexibility index (Phi) is 6.63. The Morgan fingerprint density at radius 1 is 1.26 bits per heavy atom. The van der Waals surface area contributed by atoms with E-state index in [4.69, 9.17) is 11.6 Å². The number of hydrogen-bond acceptors (Lipinski definition) is 5. The maximum atomic E-state index is 12.7. The minimum Gasteiger partial charge on any atom is -0.349 e. The predicted molar refractivity (Wildman–Crippen MR) is 108 cm³/mol. The number of carbonyl (C=O) groups is 1. The van der Waals surface area contributed by atoms with Crippen molar-refractivity contribution in [3.63, 3.8) is 0 Å². The normalized spacial score (nSPS) is 15.2. The number of rotatable bonds is 7. The van der Waals surface area contributed by atoms with Crippen molar-refractivity contribution in [3.8, 4) is 0 Å². The van der Waals surface area contributed by atoms with Gasteiger partial charge in [0.25, 0.3) is 5.91 Å². The van der Waals surface area contributed by atoms with Crippen molar-refractivity contribution >= 4 is 23.5 Å². The fraction of sp³-hybridized carbons (Fsp3) is 0.450. The van der Waals surface area contributed by atoms with E-state index in [2.05, 4.69) is 37.2 Å². The lowest BCUT2D eigenvalue weighted by Crippen LogP contribution is -2.42. The Bertz CT molecular complexity index is 762. The highest BCUT2D eigenvalue weighted by Gasteiger charge is 2.21. The Morgan fingerprint density at radius 2 is 1.96 bits per heavy atom. The van der Waals surface area contributed by atoms with Crippen molar-refractivity contribution < 1.29 is 4.79 Å². The van der Waals surface area contributed by atoms with E-state index in [1.807, 2.05) is 32.3 Å². The second-order valence-corrected chi connectivity index (χ2v) is 7.49. The average molecular weight is 388 g/mol. The Hall–Kier alpha value is -2.18. The molecular weight excluding hydrogens is 362 g/mol. The van der Waals surface area contributed by atoms with Gasteiger partial charge >= 0.3 is 0 Å². The van der Waals surface area contributed by atoms with Gasteiger partial charge in [0.1, 0.15) is 0 Å². The van der Waals surface area contributed by atoms with E-state index in [1.54, 1.807) is 0 Å². The predicted octanol–water partition coefficient (Wildman–Crippen LogP) is 2.63. The van der Waals surface area contributed by atoms with Gasteiger partial charge in [0, 0.05) is 25.7 Å². The van der Waals surface area contributed by atoms with E-state index in [0.29, 0.717) is 12.5 Å². The molecule has 1 unspecified atom stereocenters.